The Balaban J connectivity index is 1.79. The molecule has 0 bridgehead atoms. The average Bonchev–Trinajstić information content (AvgIpc) is 3.22. The lowest BCUT2D eigenvalue weighted by Crippen LogP contribution is -2.33. The van der Waals surface area contributed by atoms with Gasteiger partial charge >= 0.3 is 0 Å². The first-order chi connectivity index (χ1) is 14.0. The van der Waals surface area contributed by atoms with Gasteiger partial charge in [0.05, 0.1) is 36.4 Å². The number of aromatic nitrogens is 2. The van der Waals surface area contributed by atoms with Crippen molar-refractivity contribution in [3.63, 3.8) is 0 Å². The molecule has 1 aliphatic carbocycles. The summed E-state index contributed by atoms with van der Waals surface area (Å²) < 4.78 is 1.80. The minimum absolute atomic E-state index is 0.0184. The van der Waals surface area contributed by atoms with Crippen molar-refractivity contribution < 1.29 is 20.4 Å². The number of hydrogen-bond acceptors (Lipinski definition) is 5. The Hall–Kier alpha value is -2.51. The van der Waals surface area contributed by atoms with Crippen molar-refractivity contribution in [2.45, 2.75) is 50.6 Å². The Morgan fingerprint density at radius 3 is 2.00 bits per heavy atom. The van der Waals surface area contributed by atoms with E-state index in [-0.39, 0.29) is 19.3 Å². The van der Waals surface area contributed by atoms with Gasteiger partial charge in [0.1, 0.15) is 5.60 Å². The van der Waals surface area contributed by atoms with Crippen molar-refractivity contribution in [1.82, 2.24) is 9.78 Å². The van der Waals surface area contributed by atoms with E-state index >= 15 is 0 Å². The van der Waals surface area contributed by atoms with E-state index in [9.17, 15) is 20.4 Å². The molecular formula is C23H26N2O4. The Morgan fingerprint density at radius 1 is 0.897 bits per heavy atom. The highest BCUT2D eigenvalue weighted by molar-refractivity contribution is 5.63. The van der Waals surface area contributed by atoms with Crippen LogP contribution in [0.1, 0.15) is 42.5 Å². The van der Waals surface area contributed by atoms with Crippen LogP contribution < -0.4 is 0 Å². The number of rotatable bonds is 5. The van der Waals surface area contributed by atoms with Crippen LogP contribution >= 0.6 is 0 Å². The van der Waals surface area contributed by atoms with E-state index in [0.29, 0.717) is 31.4 Å². The monoisotopic (exact) mass is 394 g/mol. The predicted octanol–water partition coefficient (Wildman–Crippen LogP) is 2.65. The summed E-state index contributed by atoms with van der Waals surface area (Å²) in [6.45, 7) is -0.0440. The zero-order valence-electron chi connectivity index (χ0n) is 16.2. The van der Waals surface area contributed by atoms with Gasteiger partial charge in [-0.05, 0) is 55.0 Å². The van der Waals surface area contributed by atoms with Gasteiger partial charge < -0.3 is 20.4 Å². The van der Waals surface area contributed by atoms with Crippen molar-refractivity contribution in [3.8, 4) is 16.9 Å². The molecule has 1 aliphatic rings. The number of hydrogen-bond donors (Lipinski definition) is 4. The van der Waals surface area contributed by atoms with Crippen LogP contribution in [0, 0.1) is 0 Å². The molecule has 2 aromatic carbocycles. The molecule has 6 nitrogen and oxygen atoms in total. The van der Waals surface area contributed by atoms with Gasteiger partial charge in [-0.3, -0.25) is 0 Å². The minimum Gasteiger partial charge on any atom is -0.393 e. The van der Waals surface area contributed by atoms with Gasteiger partial charge in [-0.2, -0.15) is 5.10 Å². The van der Waals surface area contributed by atoms with Gasteiger partial charge in [0.2, 0.25) is 0 Å². The molecule has 3 aromatic rings. The molecule has 4 N–H and O–H groups in total. The van der Waals surface area contributed by atoms with Crippen molar-refractivity contribution >= 4 is 0 Å². The summed E-state index contributed by atoms with van der Waals surface area (Å²) in [6, 6.07) is 17.0. The second kappa shape index (κ2) is 8.08. The van der Waals surface area contributed by atoms with E-state index in [1.54, 1.807) is 4.68 Å². The smallest absolute Gasteiger partial charge is 0.109 e. The zero-order valence-corrected chi connectivity index (χ0v) is 16.2. The third-order valence-corrected chi connectivity index (χ3v) is 5.76. The van der Waals surface area contributed by atoms with Crippen LogP contribution in [-0.4, -0.2) is 36.3 Å². The number of nitrogens with zero attached hydrogens (tertiary/aromatic N) is 2. The molecule has 1 fully saturated rings. The second-order valence-corrected chi connectivity index (χ2v) is 7.77. The molecule has 6 heteroatoms. The number of aliphatic hydroxyl groups excluding tert-OH is 3. The molecule has 0 unspecified atom stereocenters. The highest BCUT2D eigenvalue weighted by Crippen LogP contribution is 2.38. The van der Waals surface area contributed by atoms with Gasteiger partial charge in [-0.1, -0.05) is 36.4 Å². The molecule has 1 heterocycles. The highest BCUT2D eigenvalue weighted by atomic mass is 16.3. The van der Waals surface area contributed by atoms with Crippen LogP contribution in [-0.2, 0) is 18.8 Å². The number of benzene rings is 2. The van der Waals surface area contributed by atoms with Crippen LogP contribution in [0.25, 0.3) is 16.9 Å². The Morgan fingerprint density at radius 2 is 1.45 bits per heavy atom. The lowest BCUT2D eigenvalue weighted by Gasteiger charge is -2.32. The molecule has 0 atom stereocenters. The Bertz CT molecular complexity index is 891. The van der Waals surface area contributed by atoms with E-state index in [1.807, 2.05) is 54.6 Å². The van der Waals surface area contributed by atoms with Crippen LogP contribution in [0.4, 0.5) is 0 Å². The Kier molecular flexibility index (Phi) is 5.52. The fourth-order valence-electron chi connectivity index (χ4n) is 3.87. The molecule has 4 rings (SSSR count). The normalized spacial score (nSPS) is 22.0. The molecule has 0 amide bonds. The molecule has 1 aromatic heterocycles. The quantitative estimate of drug-likeness (QED) is 0.533. The van der Waals surface area contributed by atoms with Crippen LogP contribution in [0.2, 0.25) is 0 Å². The SMILES string of the molecule is OCc1ccc(-c2cc(C3(O)CCC(O)CC3)nn2-c2ccc(CO)cc2)cc1. The summed E-state index contributed by atoms with van der Waals surface area (Å²) >= 11 is 0. The van der Waals surface area contributed by atoms with Gasteiger partial charge in [-0.25, -0.2) is 4.68 Å². The lowest BCUT2D eigenvalue weighted by atomic mass is 9.81. The highest BCUT2D eigenvalue weighted by Gasteiger charge is 2.37. The summed E-state index contributed by atoms with van der Waals surface area (Å²) in [5, 5.41) is 44.4. The van der Waals surface area contributed by atoms with Crippen molar-refractivity contribution in [1.29, 1.82) is 0 Å². The van der Waals surface area contributed by atoms with Gasteiger partial charge in [-0.15, -0.1) is 0 Å². The van der Waals surface area contributed by atoms with Gasteiger partial charge in [0, 0.05) is 5.56 Å². The molecule has 0 spiro atoms. The summed E-state index contributed by atoms with van der Waals surface area (Å²) in [5.41, 5.74) is 3.76. The summed E-state index contributed by atoms with van der Waals surface area (Å²) in [6.07, 6.45) is 1.67. The molecule has 152 valence electrons. The van der Waals surface area contributed by atoms with Crippen molar-refractivity contribution in [2.75, 3.05) is 0 Å². The lowest BCUT2D eigenvalue weighted by molar-refractivity contribution is -0.0393. The fraction of sp³-hybridized carbons (Fsp3) is 0.348. The van der Waals surface area contributed by atoms with Crippen LogP contribution in [0.3, 0.4) is 0 Å². The molecule has 29 heavy (non-hydrogen) atoms. The minimum atomic E-state index is -1.06. The van der Waals surface area contributed by atoms with Crippen molar-refractivity contribution in [3.05, 3.63) is 71.4 Å². The Labute approximate surface area is 169 Å². The topological polar surface area (TPSA) is 98.7 Å². The predicted molar refractivity (Wildman–Crippen MR) is 109 cm³/mol. The van der Waals surface area contributed by atoms with E-state index in [4.69, 9.17) is 5.10 Å². The van der Waals surface area contributed by atoms with Crippen molar-refractivity contribution in [2.24, 2.45) is 0 Å². The van der Waals surface area contributed by atoms with Crippen LogP contribution in [0.5, 0.6) is 0 Å². The van der Waals surface area contributed by atoms with Gasteiger partial charge in [0.15, 0.2) is 0 Å². The summed E-state index contributed by atoms with van der Waals surface area (Å²) in [4.78, 5) is 0. The first kappa shape index (κ1) is 19.8. The average molecular weight is 394 g/mol. The zero-order chi connectivity index (χ0) is 20.4. The third kappa shape index (κ3) is 3.97. The molecule has 0 saturated heterocycles. The molecule has 0 aliphatic heterocycles. The molecular weight excluding hydrogens is 368 g/mol. The van der Waals surface area contributed by atoms with Gasteiger partial charge in [0.25, 0.3) is 0 Å². The standard InChI is InChI=1S/C23H26N2O4/c26-14-16-1-5-18(6-2-16)21-13-22(23(29)11-9-20(28)10-12-23)24-25(21)19-7-3-17(15-27)4-8-19/h1-8,13,20,26-29H,9-12,14-15H2. The molecule has 1 saturated carbocycles. The van der Waals surface area contributed by atoms with E-state index in [2.05, 4.69) is 0 Å². The second-order valence-electron chi connectivity index (χ2n) is 7.77. The first-order valence-electron chi connectivity index (χ1n) is 9.94. The maximum Gasteiger partial charge on any atom is 0.109 e. The maximum absolute atomic E-state index is 11.2. The number of aliphatic hydroxyl groups is 4. The first-order valence-corrected chi connectivity index (χ1v) is 9.94. The third-order valence-electron chi connectivity index (χ3n) is 5.76. The summed E-state index contributed by atoms with van der Waals surface area (Å²) in [7, 11) is 0. The largest absolute Gasteiger partial charge is 0.393 e. The van der Waals surface area contributed by atoms with E-state index in [1.165, 1.54) is 0 Å². The maximum atomic E-state index is 11.2. The molecule has 0 radical (unpaired) electrons. The van der Waals surface area contributed by atoms with Crippen LogP contribution in [0.15, 0.2) is 54.6 Å². The summed E-state index contributed by atoms with van der Waals surface area (Å²) in [5.74, 6) is 0. The van der Waals surface area contributed by atoms with E-state index < -0.39 is 5.60 Å². The van der Waals surface area contributed by atoms with E-state index in [0.717, 1.165) is 28.1 Å². The fourth-order valence-corrected chi connectivity index (χ4v) is 3.87.